The van der Waals surface area contributed by atoms with Crippen LogP contribution in [0.4, 0.5) is 4.39 Å². The third-order valence-corrected chi connectivity index (χ3v) is 3.26. The summed E-state index contributed by atoms with van der Waals surface area (Å²) in [6.45, 7) is -0.327. The summed E-state index contributed by atoms with van der Waals surface area (Å²) in [6.07, 6.45) is 1.43. The molecule has 16 heavy (non-hydrogen) atoms. The molecule has 1 aromatic carbocycles. The zero-order chi connectivity index (χ0) is 11.5. The molecule has 1 aromatic heterocycles. The fourth-order valence-corrected chi connectivity index (χ4v) is 2.17. The largest absolute Gasteiger partial charge is 0.392 e. The van der Waals surface area contributed by atoms with Gasteiger partial charge in [-0.25, -0.2) is 14.1 Å². The van der Waals surface area contributed by atoms with E-state index in [4.69, 9.17) is 5.11 Å². The van der Waals surface area contributed by atoms with Gasteiger partial charge in [0.1, 0.15) is 12.1 Å². The fraction of sp³-hybridized carbons (Fsp3) is 0.200. The van der Waals surface area contributed by atoms with Gasteiger partial charge in [0.25, 0.3) is 0 Å². The maximum absolute atomic E-state index is 13.4. The average molecular weight is 239 g/mol. The summed E-state index contributed by atoms with van der Waals surface area (Å²) in [7, 11) is 1.76. The van der Waals surface area contributed by atoms with Gasteiger partial charge in [0.2, 0.25) is 0 Å². The molecule has 0 aliphatic heterocycles. The molecule has 0 aliphatic carbocycles. The Labute approximate surface area is 96.1 Å². The van der Waals surface area contributed by atoms with Gasteiger partial charge in [-0.2, -0.15) is 5.10 Å². The standard InChI is InChI=1S/C10H10FN3OS/c1-14-10(12-6-13-14)16-9-4-2-3-8(11)7(9)5-15/h2-4,6,15H,5H2,1H3. The first-order chi connectivity index (χ1) is 7.72. The van der Waals surface area contributed by atoms with Crippen molar-refractivity contribution in [3.63, 3.8) is 0 Å². The maximum Gasteiger partial charge on any atom is 0.190 e. The number of hydrogen-bond donors (Lipinski definition) is 1. The second-order valence-corrected chi connectivity index (χ2v) is 4.15. The molecule has 0 spiro atoms. The van der Waals surface area contributed by atoms with E-state index in [-0.39, 0.29) is 12.2 Å². The third kappa shape index (κ3) is 2.07. The summed E-state index contributed by atoms with van der Waals surface area (Å²) in [5.74, 6) is -0.408. The van der Waals surface area contributed by atoms with Crippen molar-refractivity contribution in [2.45, 2.75) is 16.7 Å². The quantitative estimate of drug-likeness (QED) is 0.883. The number of rotatable bonds is 3. The fourth-order valence-electron chi connectivity index (χ4n) is 1.26. The molecular weight excluding hydrogens is 229 g/mol. The number of aliphatic hydroxyl groups excluding tert-OH is 1. The van der Waals surface area contributed by atoms with E-state index >= 15 is 0 Å². The lowest BCUT2D eigenvalue weighted by molar-refractivity contribution is 0.272. The smallest absolute Gasteiger partial charge is 0.190 e. The lowest BCUT2D eigenvalue weighted by Crippen LogP contribution is -1.96. The van der Waals surface area contributed by atoms with Crippen molar-refractivity contribution < 1.29 is 9.50 Å². The molecule has 6 heteroatoms. The van der Waals surface area contributed by atoms with Crippen LogP contribution in [0.1, 0.15) is 5.56 Å². The number of aliphatic hydroxyl groups is 1. The Morgan fingerprint density at radius 1 is 1.50 bits per heavy atom. The molecule has 1 heterocycles. The van der Waals surface area contributed by atoms with Crippen molar-refractivity contribution in [3.05, 3.63) is 35.9 Å². The monoisotopic (exact) mass is 239 g/mol. The summed E-state index contributed by atoms with van der Waals surface area (Å²) < 4.78 is 15.0. The molecule has 0 fully saturated rings. The zero-order valence-corrected chi connectivity index (χ0v) is 9.41. The Morgan fingerprint density at radius 3 is 2.94 bits per heavy atom. The number of aromatic nitrogens is 3. The second-order valence-electron chi connectivity index (χ2n) is 3.14. The Bertz CT molecular complexity index is 501. The van der Waals surface area contributed by atoms with Gasteiger partial charge in [-0.05, 0) is 23.9 Å². The minimum Gasteiger partial charge on any atom is -0.392 e. The summed E-state index contributed by atoms with van der Waals surface area (Å²) in [6, 6.07) is 4.67. The first kappa shape index (κ1) is 11.1. The minimum atomic E-state index is -0.408. The molecule has 84 valence electrons. The van der Waals surface area contributed by atoms with Gasteiger partial charge in [0, 0.05) is 17.5 Å². The summed E-state index contributed by atoms with van der Waals surface area (Å²) in [5, 5.41) is 13.7. The molecule has 1 N–H and O–H groups in total. The lowest BCUT2D eigenvalue weighted by atomic mass is 10.2. The van der Waals surface area contributed by atoms with Crippen LogP contribution in [-0.4, -0.2) is 19.9 Å². The molecule has 0 unspecified atom stereocenters. The van der Waals surface area contributed by atoms with E-state index in [1.165, 1.54) is 24.2 Å². The Hall–Kier alpha value is -1.40. The molecular formula is C10H10FN3OS. The molecule has 0 amide bonds. The van der Waals surface area contributed by atoms with Crippen LogP contribution in [0.25, 0.3) is 0 Å². The van der Waals surface area contributed by atoms with E-state index < -0.39 is 5.82 Å². The molecule has 0 radical (unpaired) electrons. The number of hydrogen-bond acceptors (Lipinski definition) is 4. The highest BCUT2D eigenvalue weighted by atomic mass is 32.2. The number of benzene rings is 1. The zero-order valence-electron chi connectivity index (χ0n) is 8.59. The van der Waals surface area contributed by atoms with E-state index in [0.29, 0.717) is 10.1 Å². The van der Waals surface area contributed by atoms with E-state index in [9.17, 15) is 4.39 Å². The molecule has 0 bridgehead atoms. The Balaban J connectivity index is 2.35. The SMILES string of the molecule is Cn1ncnc1Sc1cccc(F)c1CO. The van der Waals surface area contributed by atoms with Crippen LogP contribution in [0.2, 0.25) is 0 Å². The topological polar surface area (TPSA) is 50.9 Å². The van der Waals surface area contributed by atoms with E-state index in [0.717, 1.165) is 0 Å². The predicted molar refractivity (Wildman–Crippen MR) is 57.4 cm³/mol. The number of aryl methyl sites for hydroxylation is 1. The molecule has 2 rings (SSSR count). The lowest BCUT2D eigenvalue weighted by Gasteiger charge is -2.06. The molecule has 0 atom stereocenters. The minimum absolute atomic E-state index is 0.288. The van der Waals surface area contributed by atoms with Crippen molar-refractivity contribution in [3.8, 4) is 0 Å². The van der Waals surface area contributed by atoms with Crippen LogP contribution in [0.15, 0.2) is 34.6 Å². The third-order valence-electron chi connectivity index (χ3n) is 2.11. The van der Waals surface area contributed by atoms with Crippen LogP contribution in [0, 0.1) is 5.82 Å². The van der Waals surface area contributed by atoms with Gasteiger partial charge < -0.3 is 5.11 Å². The van der Waals surface area contributed by atoms with E-state index in [1.807, 2.05) is 0 Å². The highest BCUT2D eigenvalue weighted by Gasteiger charge is 2.11. The molecule has 0 saturated carbocycles. The van der Waals surface area contributed by atoms with Crippen molar-refractivity contribution in [2.75, 3.05) is 0 Å². The predicted octanol–water partition coefficient (Wildman–Crippen LogP) is 1.60. The van der Waals surface area contributed by atoms with Crippen molar-refractivity contribution in [1.29, 1.82) is 0 Å². The summed E-state index contributed by atoms with van der Waals surface area (Å²) in [5.41, 5.74) is 0.288. The molecule has 0 saturated heterocycles. The van der Waals surface area contributed by atoms with Gasteiger partial charge in [-0.3, -0.25) is 0 Å². The van der Waals surface area contributed by atoms with Crippen LogP contribution in [-0.2, 0) is 13.7 Å². The van der Waals surface area contributed by atoms with Gasteiger partial charge >= 0.3 is 0 Å². The summed E-state index contributed by atoms with van der Waals surface area (Å²) in [4.78, 5) is 4.68. The van der Waals surface area contributed by atoms with Crippen LogP contribution < -0.4 is 0 Å². The number of halogens is 1. The van der Waals surface area contributed by atoms with Gasteiger partial charge in [-0.15, -0.1) is 0 Å². The van der Waals surface area contributed by atoms with Gasteiger partial charge in [-0.1, -0.05) is 6.07 Å². The van der Waals surface area contributed by atoms with Gasteiger partial charge in [0.15, 0.2) is 5.16 Å². The molecule has 4 nitrogen and oxygen atoms in total. The maximum atomic E-state index is 13.4. The molecule has 0 aliphatic rings. The highest BCUT2D eigenvalue weighted by molar-refractivity contribution is 7.99. The Morgan fingerprint density at radius 2 is 2.31 bits per heavy atom. The first-order valence-corrected chi connectivity index (χ1v) is 5.44. The number of nitrogens with zero attached hydrogens (tertiary/aromatic N) is 3. The van der Waals surface area contributed by atoms with Crippen LogP contribution in [0.3, 0.4) is 0 Å². The summed E-state index contributed by atoms with van der Waals surface area (Å²) >= 11 is 1.28. The van der Waals surface area contributed by atoms with E-state index in [2.05, 4.69) is 10.1 Å². The highest BCUT2D eigenvalue weighted by Crippen LogP contribution is 2.29. The van der Waals surface area contributed by atoms with Crippen molar-refractivity contribution in [1.82, 2.24) is 14.8 Å². The second kappa shape index (κ2) is 4.63. The van der Waals surface area contributed by atoms with Crippen molar-refractivity contribution in [2.24, 2.45) is 7.05 Å². The average Bonchev–Trinajstić information content (AvgIpc) is 2.65. The van der Waals surface area contributed by atoms with Crippen molar-refractivity contribution >= 4 is 11.8 Å². The molecule has 2 aromatic rings. The van der Waals surface area contributed by atoms with E-state index in [1.54, 1.807) is 23.9 Å². The van der Waals surface area contributed by atoms with Crippen LogP contribution >= 0.6 is 11.8 Å². The normalized spacial score (nSPS) is 10.7. The van der Waals surface area contributed by atoms with Crippen LogP contribution in [0.5, 0.6) is 0 Å². The Kier molecular flexibility index (Phi) is 3.21. The van der Waals surface area contributed by atoms with Gasteiger partial charge in [0.05, 0.1) is 6.61 Å². The first-order valence-electron chi connectivity index (χ1n) is 4.62.